The smallest absolute Gasteiger partial charge is 0.259 e. The van der Waals surface area contributed by atoms with Crippen LogP contribution < -0.4 is 10.2 Å². The van der Waals surface area contributed by atoms with Gasteiger partial charge in [-0.2, -0.15) is 0 Å². The average molecular weight is 494 g/mol. The molecule has 1 aliphatic rings. The van der Waals surface area contributed by atoms with Crippen LogP contribution in [0, 0.1) is 0 Å². The molecule has 3 aromatic carbocycles. The van der Waals surface area contributed by atoms with Gasteiger partial charge in [0, 0.05) is 28.5 Å². The molecule has 0 unspecified atom stereocenters. The number of likely N-dealkylation sites (N-methyl/N-ethyl adjacent to an activating group) is 1. The molecule has 0 saturated heterocycles. The number of carbonyl (C=O) groups excluding carboxylic acids is 3. The van der Waals surface area contributed by atoms with Crippen molar-refractivity contribution in [2.24, 2.45) is 0 Å². The molecule has 0 radical (unpaired) electrons. The monoisotopic (exact) mass is 493 g/mol. The van der Waals surface area contributed by atoms with Crippen LogP contribution >= 0.6 is 15.9 Å². The molecule has 0 saturated carbocycles. The second kappa shape index (κ2) is 9.12. The zero-order valence-corrected chi connectivity index (χ0v) is 19.6. The molecule has 0 spiro atoms. The van der Waals surface area contributed by atoms with Gasteiger partial charge < -0.3 is 10.2 Å². The molecule has 1 aliphatic heterocycles. The fourth-order valence-corrected chi connectivity index (χ4v) is 4.55. The highest BCUT2D eigenvalue weighted by Gasteiger charge is 2.34. The molecule has 7 heteroatoms. The minimum atomic E-state index is -0.683. The summed E-state index contributed by atoms with van der Waals surface area (Å²) in [5.74, 6) is -0.714. The van der Waals surface area contributed by atoms with Crippen molar-refractivity contribution < 1.29 is 14.4 Å². The molecular weight excluding hydrogens is 470 g/mol. The van der Waals surface area contributed by atoms with Crippen LogP contribution in [0.2, 0.25) is 0 Å². The number of hydrogen-bond donors (Lipinski definition) is 1. The number of hydrogen-bond acceptors (Lipinski definition) is 3. The van der Waals surface area contributed by atoms with Crippen LogP contribution in [0.25, 0.3) is 10.8 Å². The largest absolute Gasteiger partial charge is 0.355 e. The van der Waals surface area contributed by atoms with Crippen molar-refractivity contribution in [3.05, 3.63) is 76.3 Å². The number of halogens is 1. The first-order valence-electron chi connectivity index (χ1n) is 10.6. The molecule has 0 aromatic heterocycles. The maximum atomic E-state index is 13.5. The number of rotatable bonds is 7. The van der Waals surface area contributed by atoms with Crippen molar-refractivity contribution in [1.82, 2.24) is 10.2 Å². The Kier molecular flexibility index (Phi) is 6.28. The van der Waals surface area contributed by atoms with Crippen molar-refractivity contribution in [1.29, 1.82) is 0 Å². The lowest BCUT2D eigenvalue weighted by Crippen LogP contribution is -2.50. The number of carbonyl (C=O) groups is 3. The van der Waals surface area contributed by atoms with E-state index in [1.165, 1.54) is 9.80 Å². The van der Waals surface area contributed by atoms with Crippen LogP contribution in [0.5, 0.6) is 0 Å². The summed E-state index contributed by atoms with van der Waals surface area (Å²) in [4.78, 5) is 42.2. The Morgan fingerprint density at radius 2 is 1.81 bits per heavy atom. The molecule has 1 heterocycles. The molecule has 3 amide bonds. The number of nitrogens with one attached hydrogen (secondary N) is 1. The number of benzene rings is 3. The fourth-order valence-electron chi connectivity index (χ4n) is 4.10. The van der Waals surface area contributed by atoms with E-state index in [0.717, 1.165) is 26.5 Å². The second-order valence-corrected chi connectivity index (χ2v) is 8.71. The van der Waals surface area contributed by atoms with E-state index in [2.05, 4.69) is 21.2 Å². The van der Waals surface area contributed by atoms with Crippen LogP contribution in [-0.4, -0.2) is 41.8 Å². The van der Waals surface area contributed by atoms with E-state index in [9.17, 15) is 14.4 Å². The topological polar surface area (TPSA) is 69.7 Å². The minimum Gasteiger partial charge on any atom is -0.355 e. The van der Waals surface area contributed by atoms with Gasteiger partial charge in [0.05, 0.1) is 5.69 Å². The highest BCUT2D eigenvalue weighted by atomic mass is 79.9. The molecule has 3 aromatic rings. The van der Waals surface area contributed by atoms with Gasteiger partial charge in [0.15, 0.2) is 0 Å². The first kappa shape index (κ1) is 22.0. The molecule has 0 fully saturated rings. The Balaban J connectivity index is 1.63. The average Bonchev–Trinajstić information content (AvgIpc) is 3.05. The maximum Gasteiger partial charge on any atom is 0.259 e. The lowest BCUT2D eigenvalue weighted by atomic mass is 10.1. The Morgan fingerprint density at radius 3 is 2.53 bits per heavy atom. The van der Waals surface area contributed by atoms with E-state index in [4.69, 9.17) is 0 Å². The normalized spacial score (nSPS) is 13.3. The van der Waals surface area contributed by atoms with Crippen molar-refractivity contribution >= 4 is 50.1 Å². The fraction of sp³-hybridized carbons (Fsp3) is 0.240. The molecule has 0 aliphatic carbocycles. The lowest BCUT2D eigenvalue weighted by Gasteiger charge is -2.30. The molecule has 164 valence electrons. The van der Waals surface area contributed by atoms with Crippen LogP contribution in [-0.2, 0) is 16.1 Å². The zero-order chi connectivity index (χ0) is 22.8. The highest BCUT2D eigenvalue weighted by molar-refractivity contribution is 9.10. The maximum absolute atomic E-state index is 13.5. The molecule has 1 atom stereocenters. The Morgan fingerprint density at radius 1 is 1.09 bits per heavy atom. The zero-order valence-electron chi connectivity index (χ0n) is 18.0. The van der Waals surface area contributed by atoms with Gasteiger partial charge in [0.25, 0.3) is 5.91 Å². The Labute approximate surface area is 195 Å². The van der Waals surface area contributed by atoms with Gasteiger partial charge in [0.2, 0.25) is 11.8 Å². The van der Waals surface area contributed by atoms with Crippen molar-refractivity contribution in [3.63, 3.8) is 0 Å². The summed E-state index contributed by atoms with van der Waals surface area (Å²) in [6.07, 6.45) is 0. The summed E-state index contributed by atoms with van der Waals surface area (Å²) in [7, 11) is 0. The van der Waals surface area contributed by atoms with E-state index in [1.807, 2.05) is 61.5 Å². The van der Waals surface area contributed by atoms with Crippen LogP contribution in [0.15, 0.2) is 65.1 Å². The summed E-state index contributed by atoms with van der Waals surface area (Å²) in [5, 5.41) is 4.61. The van der Waals surface area contributed by atoms with Gasteiger partial charge in [-0.15, -0.1) is 0 Å². The van der Waals surface area contributed by atoms with Gasteiger partial charge in [0.1, 0.15) is 12.6 Å². The van der Waals surface area contributed by atoms with Crippen molar-refractivity contribution in [3.8, 4) is 0 Å². The molecule has 1 N–H and O–H groups in total. The predicted molar refractivity (Wildman–Crippen MR) is 128 cm³/mol. The Hall–Kier alpha value is -3.19. The van der Waals surface area contributed by atoms with Gasteiger partial charge in [-0.3, -0.25) is 19.3 Å². The third kappa shape index (κ3) is 4.12. The summed E-state index contributed by atoms with van der Waals surface area (Å²) < 4.78 is 0.893. The lowest BCUT2D eigenvalue weighted by molar-refractivity contribution is -0.139. The van der Waals surface area contributed by atoms with Gasteiger partial charge in [-0.25, -0.2) is 0 Å². The van der Waals surface area contributed by atoms with Crippen molar-refractivity contribution in [2.75, 3.05) is 18.0 Å². The van der Waals surface area contributed by atoms with E-state index in [0.29, 0.717) is 12.1 Å². The van der Waals surface area contributed by atoms with Crippen molar-refractivity contribution in [2.45, 2.75) is 26.4 Å². The van der Waals surface area contributed by atoms with Crippen LogP contribution in [0.3, 0.4) is 0 Å². The standard InChI is InChI=1S/C25H24BrN3O3/c1-3-27-24(31)16(2)28(14-17-7-4-10-19(26)13-17)22(30)15-29-21-12-6-9-18-8-5-11-20(23(18)21)25(29)32/h4-13,16H,3,14-15H2,1-2H3,(H,27,31)/t16-/m1/s1. The van der Waals surface area contributed by atoms with E-state index >= 15 is 0 Å². The summed E-state index contributed by atoms with van der Waals surface area (Å²) in [5.41, 5.74) is 2.22. The first-order valence-corrected chi connectivity index (χ1v) is 11.3. The quantitative estimate of drug-likeness (QED) is 0.538. The summed E-state index contributed by atoms with van der Waals surface area (Å²) >= 11 is 3.46. The van der Waals surface area contributed by atoms with Crippen LogP contribution in [0.1, 0.15) is 29.8 Å². The molecular formula is C25H24BrN3O3. The van der Waals surface area contributed by atoms with Crippen LogP contribution in [0.4, 0.5) is 5.69 Å². The van der Waals surface area contributed by atoms with E-state index < -0.39 is 6.04 Å². The third-order valence-electron chi connectivity index (χ3n) is 5.70. The third-order valence-corrected chi connectivity index (χ3v) is 6.20. The van der Waals surface area contributed by atoms with E-state index in [1.54, 1.807) is 13.0 Å². The van der Waals surface area contributed by atoms with Gasteiger partial charge in [-0.05, 0) is 49.1 Å². The number of nitrogens with zero attached hydrogens (tertiary/aromatic N) is 2. The molecule has 32 heavy (non-hydrogen) atoms. The molecule has 6 nitrogen and oxygen atoms in total. The molecule has 0 bridgehead atoms. The van der Waals surface area contributed by atoms with Gasteiger partial charge >= 0.3 is 0 Å². The minimum absolute atomic E-state index is 0.135. The summed E-state index contributed by atoms with van der Waals surface area (Å²) in [6, 6.07) is 18.2. The number of anilines is 1. The molecule has 4 rings (SSSR count). The summed E-state index contributed by atoms with van der Waals surface area (Å²) in [6.45, 7) is 4.15. The number of amides is 3. The highest BCUT2D eigenvalue weighted by Crippen LogP contribution is 2.37. The predicted octanol–water partition coefficient (Wildman–Crippen LogP) is 4.12. The second-order valence-electron chi connectivity index (χ2n) is 7.79. The SMILES string of the molecule is CCNC(=O)[C@@H](C)N(Cc1cccc(Br)c1)C(=O)CN1C(=O)c2cccc3cccc1c23. The van der Waals surface area contributed by atoms with E-state index in [-0.39, 0.29) is 30.8 Å². The Bertz CT molecular complexity index is 1200. The first-order chi connectivity index (χ1) is 15.4. The van der Waals surface area contributed by atoms with Gasteiger partial charge in [-0.1, -0.05) is 52.3 Å².